The molecule has 0 saturated heterocycles. The Labute approximate surface area is 235 Å². The van der Waals surface area contributed by atoms with Crippen LogP contribution in [0, 0.1) is 0 Å². The fraction of sp³-hybridized carbons (Fsp3) is 0.321. The Kier molecular flexibility index (Phi) is 8.04. The molecule has 1 aliphatic heterocycles. The summed E-state index contributed by atoms with van der Waals surface area (Å²) in [6, 6.07) is 8.79. The summed E-state index contributed by atoms with van der Waals surface area (Å²) in [5.41, 5.74) is 2.18. The van der Waals surface area contributed by atoms with Crippen LogP contribution in [0.3, 0.4) is 0 Å². The van der Waals surface area contributed by atoms with Crippen molar-refractivity contribution in [3.8, 4) is 34.4 Å². The van der Waals surface area contributed by atoms with E-state index in [9.17, 15) is 9.90 Å². The molecule has 4 aromatic rings. The van der Waals surface area contributed by atoms with Gasteiger partial charge in [-0.25, -0.2) is 9.78 Å². The molecule has 5 rings (SSSR count). The van der Waals surface area contributed by atoms with E-state index in [1.165, 1.54) is 7.11 Å². The summed E-state index contributed by atoms with van der Waals surface area (Å²) in [7, 11) is 3.09. The molecule has 0 radical (unpaired) electrons. The van der Waals surface area contributed by atoms with E-state index in [0.29, 0.717) is 51.6 Å². The number of fused-ring (bicyclic) bond motifs is 1. The molecule has 0 aliphatic carbocycles. The van der Waals surface area contributed by atoms with Crippen molar-refractivity contribution in [2.24, 2.45) is 0 Å². The minimum absolute atomic E-state index is 0.0546. The first-order chi connectivity index (χ1) is 19.9. The van der Waals surface area contributed by atoms with Crippen molar-refractivity contribution in [2.75, 3.05) is 21.0 Å². The predicted molar refractivity (Wildman–Crippen MR) is 146 cm³/mol. The lowest BCUT2D eigenvalue weighted by atomic mass is 10.0. The maximum absolute atomic E-state index is 12.5. The fourth-order valence-electron chi connectivity index (χ4n) is 4.32. The molecule has 13 heteroatoms. The van der Waals surface area contributed by atoms with Gasteiger partial charge >= 0.3 is 5.97 Å². The summed E-state index contributed by atoms with van der Waals surface area (Å²) < 4.78 is 29.7. The number of aliphatic carboxylic acids is 1. The fourth-order valence-corrected chi connectivity index (χ4v) is 4.32. The summed E-state index contributed by atoms with van der Waals surface area (Å²) >= 11 is 0. The first kappa shape index (κ1) is 27.5. The zero-order valence-corrected chi connectivity index (χ0v) is 23.1. The number of carboxylic acids is 1. The van der Waals surface area contributed by atoms with Gasteiger partial charge in [0.25, 0.3) is 0 Å². The topological polar surface area (TPSA) is 156 Å². The van der Waals surface area contributed by atoms with Gasteiger partial charge in [0.05, 0.1) is 25.6 Å². The zero-order valence-electron chi connectivity index (χ0n) is 23.1. The highest BCUT2D eigenvalue weighted by Crippen LogP contribution is 2.39. The van der Waals surface area contributed by atoms with E-state index in [0.717, 1.165) is 12.1 Å². The molecule has 3 heterocycles. The third kappa shape index (κ3) is 5.93. The summed E-state index contributed by atoms with van der Waals surface area (Å²) in [6.07, 6.45) is 4.36. The number of hydrogen-bond donors (Lipinski definition) is 2. The van der Waals surface area contributed by atoms with Crippen molar-refractivity contribution in [1.29, 1.82) is 0 Å². The number of nitrogens with zero attached hydrogens (tertiary/aromatic N) is 5. The van der Waals surface area contributed by atoms with Crippen LogP contribution in [0.1, 0.15) is 49.1 Å². The van der Waals surface area contributed by atoms with Crippen molar-refractivity contribution in [3.05, 3.63) is 65.0 Å². The average molecular weight is 563 g/mol. The molecule has 0 spiro atoms. The lowest BCUT2D eigenvalue weighted by Gasteiger charge is -2.14. The van der Waals surface area contributed by atoms with Crippen LogP contribution in [-0.2, 0) is 17.8 Å². The van der Waals surface area contributed by atoms with E-state index < -0.39 is 5.97 Å². The number of benzene rings is 2. The molecule has 0 bridgehead atoms. The van der Waals surface area contributed by atoms with Gasteiger partial charge in [0.15, 0.2) is 18.1 Å². The normalized spacial score (nSPS) is 13.2. The summed E-state index contributed by atoms with van der Waals surface area (Å²) in [6.45, 7) is 4.29. The molecule has 41 heavy (non-hydrogen) atoms. The monoisotopic (exact) mass is 562 g/mol. The van der Waals surface area contributed by atoms with Crippen LogP contribution in [0.4, 0.5) is 0 Å². The quantitative estimate of drug-likeness (QED) is 0.241. The number of hydrogen-bond acceptors (Lipinski definition) is 10. The molecule has 1 atom stereocenters. The van der Waals surface area contributed by atoms with Gasteiger partial charge in [0.1, 0.15) is 23.1 Å². The number of carboxylic acid groups (broad SMARTS) is 1. The molecule has 2 N–H and O–H groups in total. The lowest BCUT2D eigenvalue weighted by molar-refractivity contribution is -0.132. The smallest absolute Gasteiger partial charge is 0.332 e. The van der Waals surface area contributed by atoms with Crippen LogP contribution in [-0.4, -0.2) is 62.3 Å². The van der Waals surface area contributed by atoms with Crippen molar-refractivity contribution in [2.45, 2.75) is 39.2 Å². The van der Waals surface area contributed by atoms with E-state index in [4.69, 9.17) is 28.7 Å². The molecular formula is C28H30N6O7. The van der Waals surface area contributed by atoms with Crippen LogP contribution in [0.15, 0.2) is 42.1 Å². The highest BCUT2D eigenvalue weighted by Gasteiger charge is 2.22. The molecule has 0 amide bonds. The number of carbonyl (C=O) groups is 1. The number of H-pyrrole nitrogens is 1. The van der Waals surface area contributed by atoms with E-state index in [1.807, 2.05) is 16.8 Å². The van der Waals surface area contributed by atoms with Gasteiger partial charge in [-0.2, -0.15) is 5.21 Å². The van der Waals surface area contributed by atoms with Crippen LogP contribution in [0.25, 0.3) is 11.8 Å². The Morgan fingerprint density at radius 3 is 2.66 bits per heavy atom. The largest absolute Gasteiger partial charge is 0.497 e. The maximum Gasteiger partial charge on any atom is 0.332 e. The highest BCUT2D eigenvalue weighted by atomic mass is 16.7. The highest BCUT2D eigenvalue weighted by molar-refractivity contribution is 5.92. The lowest BCUT2D eigenvalue weighted by Crippen LogP contribution is -2.07. The minimum Gasteiger partial charge on any atom is -0.497 e. The number of rotatable bonds is 12. The number of aromatic amines is 1. The summed E-state index contributed by atoms with van der Waals surface area (Å²) in [5, 5.41) is 24.1. The first-order valence-corrected chi connectivity index (χ1v) is 12.9. The maximum atomic E-state index is 12.5. The van der Waals surface area contributed by atoms with E-state index >= 15 is 0 Å². The number of aromatic nitrogens is 6. The predicted octanol–water partition coefficient (Wildman–Crippen LogP) is 3.93. The molecule has 2 aromatic carbocycles. The SMILES string of the molecule is CCC(C)c1cn(-c2ccc(OC)cc2OCc2nn[nH]n2)c(C=C(Cc2cc3c(cc2OC)OCO3)C(=O)O)n1. The standard InChI is InChI=1S/C28H30N6O7/c1-5-16(2)20-13-34(21-7-6-19(37-3)11-23(21)39-14-26-30-32-33-31-26)27(29-20)10-18(28(35)36)8-17-9-24-25(41-15-40-24)12-22(17)38-4/h6-7,9-13,16H,5,8,14-15H2,1-4H3,(H,35,36)(H,30,31,32,33). The zero-order chi connectivity index (χ0) is 28.9. The van der Waals surface area contributed by atoms with Crippen LogP contribution < -0.4 is 23.7 Å². The Morgan fingerprint density at radius 1 is 1.17 bits per heavy atom. The molecule has 13 nitrogen and oxygen atoms in total. The number of nitrogens with one attached hydrogen (secondary N) is 1. The Balaban J connectivity index is 1.58. The van der Waals surface area contributed by atoms with Gasteiger partial charge in [-0.3, -0.25) is 4.57 Å². The molecule has 0 saturated carbocycles. The summed E-state index contributed by atoms with van der Waals surface area (Å²) in [5.74, 6) is 2.46. The second kappa shape index (κ2) is 12.0. The minimum atomic E-state index is -1.09. The van der Waals surface area contributed by atoms with E-state index in [1.54, 1.807) is 37.5 Å². The van der Waals surface area contributed by atoms with E-state index in [2.05, 4.69) is 34.5 Å². The summed E-state index contributed by atoms with van der Waals surface area (Å²) in [4.78, 5) is 17.3. The second-order valence-electron chi connectivity index (χ2n) is 9.32. The molecule has 2 aromatic heterocycles. The number of tetrazole rings is 1. The van der Waals surface area contributed by atoms with Crippen molar-refractivity contribution in [1.82, 2.24) is 30.2 Å². The van der Waals surface area contributed by atoms with Crippen molar-refractivity contribution < 1.29 is 33.6 Å². The molecule has 1 aliphatic rings. The third-order valence-corrected chi connectivity index (χ3v) is 6.78. The van der Waals surface area contributed by atoms with Crippen LogP contribution in [0.5, 0.6) is 28.7 Å². The first-order valence-electron chi connectivity index (χ1n) is 12.9. The number of methoxy groups -OCH3 is 2. The van der Waals surface area contributed by atoms with Gasteiger partial charge in [-0.1, -0.05) is 19.1 Å². The Hall–Kier alpha value is -5.07. The van der Waals surface area contributed by atoms with Gasteiger partial charge < -0.3 is 28.8 Å². The van der Waals surface area contributed by atoms with Crippen LogP contribution in [0.2, 0.25) is 0 Å². The Bertz CT molecular complexity index is 1560. The molecule has 0 fully saturated rings. The van der Waals surface area contributed by atoms with Gasteiger partial charge in [0, 0.05) is 35.9 Å². The average Bonchev–Trinajstić information content (AvgIpc) is 3.76. The Morgan fingerprint density at radius 2 is 1.98 bits per heavy atom. The van der Waals surface area contributed by atoms with Gasteiger partial charge in [0.2, 0.25) is 12.6 Å². The van der Waals surface area contributed by atoms with Crippen molar-refractivity contribution >= 4 is 12.0 Å². The molecule has 214 valence electrons. The second-order valence-corrected chi connectivity index (χ2v) is 9.32. The molecule has 1 unspecified atom stereocenters. The molecular weight excluding hydrogens is 532 g/mol. The third-order valence-electron chi connectivity index (χ3n) is 6.78. The number of ether oxygens (including phenoxy) is 5. The van der Waals surface area contributed by atoms with E-state index in [-0.39, 0.29) is 31.3 Å². The van der Waals surface area contributed by atoms with Crippen molar-refractivity contribution in [3.63, 3.8) is 0 Å². The van der Waals surface area contributed by atoms with Crippen LogP contribution >= 0.6 is 0 Å². The van der Waals surface area contributed by atoms with Gasteiger partial charge in [-0.15, -0.1) is 10.2 Å². The number of imidazole rings is 1. The van der Waals surface area contributed by atoms with Gasteiger partial charge in [-0.05, 0) is 36.6 Å².